The van der Waals surface area contributed by atoms with E-state index in [1.807, 2.05) is 44.3 Å². The van der Waals surface area contributed by atoms with Crippen molar-refractivity contribution in [1.29, 1.82) is 5.26 Å². The van der Waals surface area contributed by atoms with E-state index in [-0.39, 0.29) is 0 Å². The number of ether oxygens (including phenoxy) is 1. The molecule has 0 aliphatic rings. The SMILES string of the molecule is CNCc1ccc(OCc2ccc(C#N)cc2C)c(Br)c1. The normalized spacial score (nSPS) is 10.2. The van der Waals surface area contributed by atoms with Gasteiger partial charge in [0.15, 0.2) is 0 Å². The van der Waals surface area contributed by atoms with Crippen molar-refractivity contribution in [2.75, 3.05) is 7.05 Å². The van der Waals surface area contributed by atoms with Crippen LogP contribution in [0.25, 0.3) is 0 Å². The van der Waals surface area contributed by atoms with Crippen LogP contribution in [-0.4, -0.2) is 7.05 Å². The Morgan fingerprint density at radius 3 is 2.67 bits per heavy atom. The van der Waals surface area contributed by atoms with E-state index in [0.29, 0.717) is 12.2 Å². The Hall–Kier alpha value is -1.83. The van der Waals surface area contributed by atoms with Crippen molar-refractivity contribution < 1.29 is 4.74 Å². The van der Waals surface area contributed by atoms with Gasteiger partial charge in [0.05, 0.1) is 16.1 Å². The fourth-order valence-corrected chi connectivity index (χ4v) is 2.60. The summed E-state index contributed by atoms with van der Waals surface area (Å²) >= 11 is 3.54. The average Bonchev–Trinajstić information content (AvgIpc) is 2.48. The molecule has 0 saturated heterocycles. The molecular formula is C17H17BrN2O. The number of rotatable bonds is 5. The standard InChI is InChI=1S/C17H17BrN2O/c1-12-7-13(9-19)3-5-15(12)11-21-17-6-4-14(10-20-2)8-16(17)18/h3-8,20H,10-11H2,1-2H3. The zero-order valence-electron chi connectivity index (χ0n) is 12.1. The van der Waals surface area contributed by atoms with Crippen LogP contribution in [0.15, 0.2) is 40.9 Å². The summed E-state index contributed by atoms with van der Waals surface area (Å²) in [6.07, 6.45) is 0. The Bertz CT molecular complexity index is 677. The van der Waals surface area contributed by atoms with Crippen LogP contribution in [0.3, 0.4) is 0 Å². The van der Waals surface area contributed by atoms with Crippen LogP contribution in [0.4, 0.5) is 0 Å². The third-order valence-electron chi connectivity index (χ3n) is 3.23. The minimum atomic E-state index is 0.488. The van der Waals surface area contributed by atoms with E-state index in [9.17, 15) is 0 Å². The molecule has 2 rings (SSSR count). The molecule has 0 saturated carbocycles. The van der Waals surface area contributed by atoms with Gasteiger partial charge in [-0.3, -0.25) is 0 Å². The number of hydrogen-bond acceptors (Lipinski definition) is 3. The van der Waals surface area contributed by atoms with Crippen molar-refractivity contribution in [3.63, 3.8) is 0 Å². The van der Waals surface area contributed by atoms with Crippen LogP contribution >= 0.6 is 15.9 Å². The fourth-order valence-electron chi connectivity index (χ4n) is 2.06. The summed E-state index contributed by atoms with van der Waals surface area (Å²) in [6, 6.07) is 13.8. The molecule has 2 aromatic rings. The van der Waals surface area contributed by atoms with Gasteiger partial charge in [0.25, 0.3) is 0 Å². The fraction of sp³-hybridized carbons (Fsp3) is 0.235. The highest BCUT2D eigenvalue weighted by Crippen LogP contribution is 2.27. The van der Waals surface area contributed by atoms with E-state index in [2.05, 4.69) is 33.4 Å². The second-order valence-electron chi connectivity index (χ2n) is 4.84. The molecule has 2 aromatic carbocycles. The predicted octanol–water partition coefficient (Wildman–Crippen LogP) is 3.93. The molecule has 0 bridgehead atoms. The summed E-state index contributed by atoms with van der Waals surface area (Å²) in [7, 11) is 1.92. The minimum Gasteiger partial charge on any atom is -0.488 e. The molecule has 21 heavy (non-hydrogen) atoms. The Labute approximate surface area is 133 Å². The van der Waals surface area contributed by atoms with Crippen molar-refractivity contribution in [3.05, 3.63) is 63.1 Å². The average molecular weight is 345 g/mol. The van der Waals surface area contributed by atoms with Crippen molar-refractivity contribution in [2.45, 2.75) is 20.1 Å². The van der Waals surface area contributed by atoms with Gasteiger partial charge in [-0.15, -0.1) is 0 Å². The van der Waals surface area contributed by atoms with Gasteiger partial charge >= 0.3 is 0 Å². The third kappa shape index (κ3) is 4.07. The van der Waals surface area contributed by atoms with Crippen LogP contribution in [0.2, 0.25) is 0 Å². The van der Waals surface area contributed by atoms with Gasteiger partial charge in [-0.25, -0.2) is 0 Å². The first-order chi connectivity index (χ1) is 10.1. The summed E-state index contributed by atoms with van der Waals surface area (Å²) in [5, 5.41) is 12.0. The lowest BCUT2D eigenvalue weighted by Gasteiger charge is -2.11. The Balaban J connectivity index is 2.08. The lowest BCUT2D eigenvalue weighted by molar-refractivity contribution is 0.303. The van der Waals surface area contributed by atoms with E-state index < -0.39 is 0 Å². The Morgan fingerprint density at radius 1 is 1.24 bits per heavy atom. The molecule has 0 radical (unpaired) electrons. The minimum absolute atomic E-state index is 0.488. The molecule has 0 aromatic heterocycles. The number of halogens is 1. The van der Waals surface area contributed by atoms with Crippen molar-refractivity contribution in [3.8, 4) is 11.8 Å². The lowest BCUT2D eigenvalue weighted by atomic mass is 10.1. The van der Waals surface area contributed by atoms with Gasteiger partial charge in [0.2, 0.25) is 0 Å². The predicted molar refractivity (Wildman–Crippen MR) is 87.1 cm³/mol. The molecule has 3 nitrogen and oxygen atoms in total. The maximum Gasteiger partial charge on any atom is 0.134 e. The molecule has 0 amide bonds. The number of aryl methyl sites for hydroxylation is 1. The van der Waals surface area contributed by atoms with Crippen LogP contribution < -0.4 is 10.1 Å². The van der Waals surface area contributed by atoms with E-state index in [1.165, 1.54) is 5.56 Å². The molecule has 0 aliphatic carbocycles. The molecule has 0 aliphatic heterocycles. The summed E-state index contributed by atoms with van der Waals surface area (Å²) in [6.45, 7) is 3.31. The van der Waals surface area contributed by atoms with Gasteiger partial charge in [0.1, 0.15) is 12.4 Å². The largest absolute Gasteiger partial charge is 0.488 e. The Kier molecular flexibility index (Phi) is 5.38. The van der Waals surface area contributed by atoms with Gasteiger partial charge in [0, 0.05) is 6.54 Å². The summed E-state index contributed by atoms with van der Waals surface area (Å²) in [5.74, 6) is 0.818. The van der Waals surface area contributed by atoms with Crippen LogP contribution in [-0.2, 0) is 13.2 Å². The third-order valence-corrected chi connectivity index (χ3v) is 3.85. The van der Waals surface area contributed by atoms with Crippen molar-refractivity contribution in [2.24, 2.45) is 0 Å². The number of nitrogens with zero attached hydrogens (tertiary/aromatic N) is 1. The second-order valence-corrected chi connectivity index (χ2v) is 5.69. The maximum atomic E-state index is 8.87. The number of nitriles is 1. The highest BCUT2D eigenvalue weighted by atomic mass is 79.9. The van der Waals surface area contributed by atoms with Crippen LogP contribution in [0.1, 0.15) is 22.3 Å². The maximum absolute atomic E-state index is 8.87. The molecule has 0 unspecified atom stereocenters. The van der Waals surface area contributed by atoms with E-state index in [1.54, 1.807) is 0 Å². The second kappa shape index (κ2) is 7.26. The molecule has 108 valence electrons. The number of benzene rings is 2. The van der Waals surface area contributed by atoms with Gasteiger partial charge in [-0.05, 0) is 70.9 Å². The number of hydrogen-bond donors (Lipinski definition) is 1. The van der Waals surface area contributed by atoms with E-state index in [0.717, 1.165) is 27.9 Å². The topological polar surface area (TPSA) is 45.0 Å². The molecule has 0 spiro atoms. The molecule has 0 fully saturated rings. The first-order valence-electron chi connectivity index (χ1n) is 6.69. The monoisotopic (exact) mass is 344 g/mol. The van der Waals surface area contributed by atoms with Gasteiger partial charge in [-0.1, -0.05) is 12.1 Å². The highest BCUT2D eigenvalue weighted by molar-refractivity contribution is 9.10. The smallest absolute Gasteiger partial charge is 0.134 e. The summed E-state index contributed by atoms with van der Waals surface area (Å²) in [5.41, 5.74) is 4.03. The molecule has 0 atom stereocenters. The van der Waals surface area contributed by atoms with Crippen LogP contribution in [0, 0.1) is 18.3 Å². The quantitative estimate of drug-likeness (QED) is 0.893. The molecule has 0 heterocycles. The van der Waals surface area contributed by atoms with Gasteiger partial charge in [-0.2, -0.15) is 5.26 Å². The highest BCUT2D eigenvalue weighted by Gasteiger charge is 2.05. The van der Waals surface area contributed by atoms with Crippen LogP contribution in [0.5, 0.6) is 5.75 Å². The molecule has 4 heteroatoms. The van der Waals surface area contributed by atoms with Gasteiger partial charge < -0.3 is 10.1 Å². The Morgan fingerprint density at radius 2 is 2.05 bits per heavy atom. The van der Waals surface area contributed by atoms with E-state index >= 15 is 0 Å². The molecular weight excluding hydrogens is 328 g/mol. The summed E-state index contributed by atoms with van der Waals surface area (Å²) < 4.78 is 6.81. The van der Waals surface area contributed by atoms with Crippen molar-refractivity contribution in [1.82, 2.24) is 5.32 Å². The lowest BCUT2D eigenvalue weighted by Crippen LogP contribution is -2.05. The summed E-state index contributed by atoms with van der Waals surface area (Å²) in [4.78, 5) is 0. The number of nitrogens with one attached hydrogen (secondary N) is 1. The van der Waals surface area contributed by atoms with Crippen molar-refractivity contribution >= 4 is 15.9 Å². The molecule has 1 N–H and O–H groups in total. The first kappa shape index (κ1) is 15.6. The zero-order valence-corrected chi connectivity index (χ0v) is 13.7. The van der Waals surface area contributed by atoms with E-state index in [4.69, 9.17) is 10.00 Å². The zero-order chi connectivity index (χ0) is 15.2. The first-order valence-corrected chi connectivity index (χ1v) is 7.49.